The predicted molar refractivity (Wildman–Crippen MR) is 99.9 cm³/mol. The van der Waals surface area contributed by atoms with Gasteiger partial charge in [0.15, 0.2) is 0 Å². The van der Waals surface area contributed by atoms with Gasteiger partial charge in [-0.1, -0.05) is 50.2 Å². The van der Waals surface area contributed by atoms with Crippen molar-refractivity contribution in [1.82, 2.24) is 0 Å². The maximum atomic E-state index is 5.86. The summed E-state index contributed by atoms with van der Waals surface area (Å²) >= 11 is 0. The van der Waals surface area contributed by atoms with Gasteiger partial charge in [0.25, 0.3) is 0 Å². The lowest BCUT2D eigenvalue weighted by Gasteiger charge is -2.25. The van der Waals surface area contributed by atoms with Gasteiger partial charge in [0.05, 0.1) is 18.9 Å². The van der Waals surface area contributed by atoms with E-state index in [0.29, 0.717) is 12.5 Å². The quantitative estimate of drug-likeness (QED) is 0.902. The fraction of sp³-hybridized carbons (Fsp3) is 0.350. The SMILES string of the molecule is COc1ccccc1N1N=C(CN)CC1c1ccc(C(C)C)cc1. The number of benzene rings is 2. The van der Waals surface area contributed by atoms with Crippen LogP contribution < -0.4 is 15.5 Å². The average molecular weight is 323 g/mol. The van der Waals surface area contributed by atoms with Crippen LogP contribution in [0.3, 0.4) is 0 Å². The van der Waals surface area contributed by atoms with Gasteiger partial charge >= 0.3 is 0 Å². The third kappa shape index (κ3) is 3.15. The van der Waals surface area contributed by atoms with E-state index in [-0.39, 0.29) is 6.04 Å². The van der Waals surface area contributed by atoms with Crippen LogP contribution in [0.25, 0.3) is 0 Å². The van der Waals surface area contributed by atoms with E-state index in [2.05, 4.69) is 38.1 Å². The topological polar surface area (TPSA) is 50.8 Å². The van der Waals surface area contributed by atoms with Crippen molar-refractivity contribution in [2.45, 2.75) is 32.2 Å². The smallest absolute Gasteiger partial charge is 0.144 e. The molecule has 0 aliphatic carbocycles. The molecule has 0 bridgehead atoms. The molecule has 4 heteroatoms. The van der Waals surface area contributed by atoms with Gasteiger partial charge in [-0.2, -0.15) is 5.10 Å². The van der Waals surface area contributed by atoms with Gasteiger partial charge in [-0.25, -0.2) is 0 Å². The van der Waals surface area contributed by atoms with Crippen LogP contribution in [0.2, 0.25) is 0 Å². The zero-order valence-electron chi connectivity index (χ0n) is 14.6. The van der Waals surface area contributed by atoms with Crippen molar-refractivity contribution in [3.63, 3.8) is 0 Å². The van der Waals surface area contributed by atoms with Crippen LogP contribution in [0.4, 0.5) is 5.69 Å². The van der Waals surface area contributed by atoms with Gasteiger partial charge in [0.2, 0.25) is 0 Å². The number of anilines is 1. The van der Waals surface area contributed by atoms with E-state index in [4.69, 9.17) is 15.6 Å². The molecular weight excluding hydrogens is 298 g/mol. The molecule has 0 saturated carbocycles. The molecule has 2 aromatic rings. The van der Waals surface area contributed by atoms with Crippen molar-refractivity contribution >= 4 is 11.4 Å². The van der Waals surface area contributed by atoms with Gasteiger partial charge in [-0.05, 0) is 29.2 Å². The first-order valence-electron chi connectivity index (χ1n) is 8.42. The number of ether oxygens (including phenoxy) is 1. The molecule has 0 spiro atoms. The van der Waals surface area contributed by atoms with Crippen LogP contribution in [0.15, 0.2) is 53.6 Å². The molecule has 1 atom stereocenters. The second kappa shape index (κ2) is 7.05. The number of nitrogens with two attached hydrogens (primary N) is 1. The molecule has 1 heterocycles. The highest BCUT2D eigenvalue weighted by Crippen LogP contribution is 2.39. The largest absolute Gasteiger partial charge is 0.495 e. The second-order valence-corrected chi connectivity index (χ2v) is 6.43. The Morgan fingerprint density at radius 3 is 2.50 bits per heavy atom. The highest BCUT2D eigenvalue weighted by Gasteiger charge is 2.30. The number of rotatable bonds is 5. The minimum atomic E-state index is 0.154. The summed E-state index contributed by atoms with van der Waals surface area (Å²) in [5, 5.41) is 6.79. The maximum absolute atomic E-state index is 5.86. The molecule has 1 aliphatic rings. The molecule has 0 radical (unpaired) electrons. The fourth-order valence-corrected chi connectivity index (χ4v) is 3.10. The van der Waals surface area contributed by atoms with E-state index in [9.17, 15) is 0 Å². The summed E-state index contributed by atoms with van der Waals surface area (Å²) in [4.78, 5) is 0. The normalized spacial score (nSPS) is 17.3. The summed E-state index contributed by atoms with van der Waals surface area (Å²) in [6.45, 7) is 4.90. The molecule has 0 aromatic heterocycles. The van der Waals surface area contributed by atoms with Crippen molar-refractivity contribution in [1.29, 1.82) is 0 Å². The van der Waals surface area contributed by atoms with E-state index in [1.807, 2.05) is 29.3 Å². The number of hydrazone groups is 1. The number of hydrogen-bond donors (Lipinski definition) is 1. The number of para-hydroxylation sites is 2. The van der Waals surface area contributed by atoms with Crippen LogP contribution >= 0.6 is 0 Å². The number of hydrogen-bond acceptors (Lipinski definition) is 4. The van der Waals surface area contributed by atoms with Crippen molar-refractivity contribution < 1.29 is 4.74 Å². The van der Waals surface area contributed by atoms with E-state index < -0.39 is 0 Å². The maximum Gasteiger partial charge on any atom is 0.144 e. The summed E-state index contributed by atoms with van der Waals surface area (Å²) in [7, 11) is 1.69. The van der Waals surface area contributed by atoms with E-state index >= 15 is 0 Å². The highest BCUT2D eigenvalue weighted by molar-refractivity contribution is 5.90. The molecule has 24 heavy (non-hydrogen) atoms. The second-order valence-electron chi connectivity index (χ2n) is 6.43. The summed E-state index contributed by atoms with van der Waals surface area (Å²) in [6, 6.07) is 17.0. The molecule has 0 saturated heterocycles. The van der Waals surface area contributed by atoms with Gasteiger partial charge < -0.3 is 10.5 Å². The molecule has 2 aromatic carbocycles. The van der Waals surface area contributed by atoms with Crippen molar-refractivity contribution in [2.24, 2.45) is 10.8 Å². The third-order valence-corrected chi connectivity index (χ3v) is 4.53. The molecule has 4 nitrogen and oxygen atoms in total. The zero-order valence-corrected chi connectivity index (χ0v) is 14.6. The Morgan fingerprint density at radius 2 is 1.88 bits per heavy atom. The highest BCUT2D eigenvalue weighted by atomic mass is 16.5. The predicted octanol–water partition coefficient (Wildman–Crippen LogP) is 4.08. The Balaban J connectivity index is 1.97. The Kier molecular flexibility index (Phi) is 4.86. The minimum Gasteiger partial charge on any atom is -0.495 e. The fourth-order valence-electron chi connectivity index (χ4n) is 3.10. The van der Waals surface area contributed by atoms with Crippen molar-refractivity contribution in [3.05, 3.63) is 59.7 Å². The van der Waals surface area contributed by atoms with E-state index in [1.165, 1.54) is 11.1 Å². The molecule has 1 unspecified atom stereocenters. The Bertz CT molecular complexity index is 722. The Labute approximate surface area is 143 Å². The van der Waals surface area contributed by atoms with Crippen LogP contribution in [0.1, 0.15) is 43.4 Å². The summed E-state index contributed by atoms with van der Waals surface area (Å²) < 4.78 is 5.52. The molecule has 126 valence electrons. The number of nitrogens with zero attached hydrogens (tertiary/aromatic N) is 2. The molecular formula is C20H25N3O. The summed E-state index contributed by atoms with van der Waals surface area (Å²) in [5.41, 5.74) is 10.4. The monoisotopic (exact) mass is 323 g/mol. The van der Waals surface area contributed by atoms with Gasteiger partial charge in [-0.15, -0.1) is 0 Å². The first-order chi connectivity index (χ1) is 11.6. The van der Waals surface area contributed by atoms with E-state index in [1.54, 1.807) is 7.11 Å². The lowest BCUT2D eigenvalue weighted by Crippen LogP contribution is -2.19. The summed E-state index contributed by atoms with van der Waals surface area (Å²) in [5.74, 6) is 1.35. The Morgan fingerprint density at radius 1 is 1.17 bits per heavy atom. The molecule has 2 N–H and O–H groups in total. The van der Waals surface area contributed by atoms with Crippen molar-refractivity contribution in [3.8, 4) is 5.75 Å². The number of methoxy groups -OCH3 is 1. The minimum absolute atomic E-state index is 0.154. The standard InChI is InChI=1S/C20H25N3O/c1-14(2)15-8-10-16(11-9-15)19-12-17(13-21)22-23(19)18-6-4-5-7-20(18)24-3/h4-11,14,19H,12-13,21H2,1-3H3. The molecule has 0 amide bonds. The molecule has 3 rings (SSSR count). The lowest BCUT2D eigenvalue weighted by atomic mass is 9.96. The molecule has 1 aliphatic heterocycles. The van der Waals surface area contributed by atoms with Crippen LogP contribution in [-0.2, 0) is 0 Å². The first-order valence-corrected chi connectivity index (χ1v) is 8.42. The van der Waals surface area contributed by atoms with Crippen LogP contribution in [-0.4, -0.2) is 19.4 Å². The van der Waals surface area contributed by atoms with Crippen LogP contribution in [0, 0.1) is 0 Å². The molecule has 0 fully saturated rings. The van der Waals surface area contributed by atoms with E-state index in [0.717, 1.165) is 23.6 Å². The van der Waals surface area contributed by atoms with Crippen LogP contribution in [0.5, 0.6) is 5.75 Å². The van der Waals surface area contributed by atoms with Gasteiger partial charge in [0.1, 0.15) is 11.4 Å². The van der Waals surface area contributed by atoms with Crippen molar-refractivity contribution in [2.75, 3.05) is 18.7 Å². The van der Waals surface area contributed by atoms with Gasteiger partial charge in [-0.3, -0.25) is 5.01 Å². The lowest BCUT2D eigenvalue weighted by molar-refractivity contribution is 0.413. The third-order valence-electron chi connectivity index (χ3n) is 4.53. The zero-order chi connectivity index (χ0) is 17.1. The first kappa shape index (κ1) is 16.5. The Hall–Kier alpha value is -2.33. The van der Waals surface area contributed by atoms with Gasteiger partial charge in [0, 0.05) is 13.0 Å². The summed E-state index contributed by atoms with van der Waals surface area (Å²) in [6.07, 6.45) is 0.843. The average Bonchev–Trinajstić information content (AvgIpc) is 3.06.